The third-order valence-electron chi connectivity index (χ3n) is 4.91. The Hall–Kier alpha value is -0.570. The number of Topliss-reactive ketones (excluding diaryl/α,β-unsaturated/α-hetero) is 1. The molecule has 1 saturated carbocycles. The van der Waals surface area contributed by atoms with Crippen molar-refractivity contribution in [3.63, 3.8) is 0 Å². The fraction of sp³-hybridized carbons (Fsp3) is 0.923. The van der Waals surface area contributed by atoms with Crippen molar-refractivity contribution in [1.82, 2.24) is 0 Å². The van der Waals surface area contributed by atoms with Crippen LogP contribution in [0.25, 0.3) is 0 Å². The van der Waals surface area contributed by atoms with Gasteiger partial charge in [0.2, 0.25) is 0 Å². The average Bonchev–Trinajstić information content (AvgIpc) is 2.34. The highest BCUT2D eigenvalue weighted by molar-refractivity contribution is 5.91. The highest BCUT2D eigenvalue weighted by Crippen LogP contribution is 2.55. The minimum atomic E-state index is -1.37. The van der Waals surface area contributed by atoms with Gasteiger partial charge in [0, 0.05) is 13.3 Å². The second-order valence-electron chi connectivity index (χ2n) is 6.71. The van der Waals surface area contributed by atoms with Crippen LogP contribution in [0.5, 0.6) is 0 Å². The van der Waals surface area contributed by atoms with E-state index in [-0.39, 0.29) is 12.2 Å². The summed E-state index contributed by atoms with van der Waals surface area (Å²) in [5, 5.41) is 20.7. The number of rotatable bonds is 0. The second-order valence-corrected chi connectivity index (χ2v) is 6.71. The first kappa shape index (κ1) is 13.1. The van der Waals surface area contributed by atoms with Crippen molar-refractivity contribution < 1.29 is 34.0 Å². The van der Waals surface area contributed by atoms with Crippen molar-refractivity contribution in [3.8, 4) is 0 Å². The Balaban J connectivity index is 1.83. The van der Waals surface area contributed by atoms with Crippen LogP contribution in [0.2, 0.25) is 0 Å². The second kappa shape index (κ2) is 3.43. The van der Waals surface area contributed by atoms with Crippen LogP contribution in [-0.4, -0.2) is 63.7 Å². The van der Waals surface area contributed by atoms with Gasteiger partial charge in [-0.3, -0.25) is 4.79 Å². The van der Waals surface area contributed by atoms with E-state index in [4.69, 9.17) is 18.9 Å². The van der Waals surface area contributed by atoms with Crippen LogP contribution in [0.15, 0.2) is 0 Å². The molecule has 5 unspecified atom stereocenters. The fourth-order valence-electron chi connectivity index (χ4n) is 3.78. The standard InChI is InChI=1S/C13H18O7/c1-11(2)5(14)4-13-9(16)7-6(15)8(10(13)19-11)18-12(3,17-7)20-13/h5,7-10,14,16H,4H2,1-3H3/t5-,7?,8?,9?,10+,12?,13?/m1/s1. The Morgan fingerprint density at radius 1 is 1.10 bits per heavy atom. The molecule has 4 heterocycles. The molecule has 0 radical (unpaired) electrons. The molecule has 4 saturated heterocycles. The van der Waals surface area contributed by atoms with Gasteiger partial charge in [0.25, 0.3) is 5.97 Å². The molecule has 0 aromatic rings. The molecule has 4 aliphatic heterocycles. The maximum Gasteiger partial charge on any atom is 0.282 e. The first-order valence-electron chi connectivity index (χ1n) is 6.82. The van der Waals surface area contributed by atoms with Crippen LogP contribution in [0.4, 0.5) is 0 Å². The van der Waals surface area contributed by atoms with Crippen molar-refractivity contribution in [3.05, 3.63) is 0 Å². The van der Waals surface area contributed by atoms with Gasteiger partial charge in [0.05, 0.1) is 11.7 Å². The predicted molar refractivity (Wildman–Crippen MR) is 62.6 cm³/mol. The number of ketones is 1. The van der Waals surface area contributed by atoms with Crippen LogP contribution in [0.3, 0.4) is 0 Å². The Labute approximate surface area is 115 Å². The smallest absolute Gasteiger partial charge is 0.282 e. The van der Waals surface area contributed by atoms with E-state index in [1.54, 1.807) is 20.8 Å². The van der Waals surface area contributed by atoms with E-state index < -0.39 is 47.7 Å². The summed E-state index contributed by atoms with van der Waals surface area (Å²) in [4.78, 5) is 12.3. The summed E-state index contributed by atoms with van der Waals surface area (Å²) in [6.07, 6.45) is -4.36. The SMILES string of the molecule is CC12OC3C(=O)C(O1)[C@@H]1OC(C)(C)[C@H](O)CC1(O2)C3O. The van der Waals surface area contributed by atoms with Crippen LogP contribution in [0.1, 0.15) is 27.2 Å². The molecule has 0 aromatic heterocycles. The summed E-state index contributed by atoms with van der Waals surface area (Å²) in [6.45, 7) is 5.05. The van der Waals surface area contributed by atoms with Gasteiger partial charge in [-0.2, -0.15) is 0 Å². The zero-order valence-electron chi connectivity index (χ0n) is 11.5. The number of ether oxygens (including phenoxy) is 4. The lowest BCUT2D eigenvalue weighted by Gasteiger charge is -2.66. The third kappa shape index (κ3) is 1.33. The number of aliphatic hydroxyl groups excluding tert-OH is 2. The molecule has 0 amide bonds. The molecule has 1 aliphatic carbocycles. The zero-order valence-corrected chi connectivity index (χ0v) is 11.5. The molecule has 5 fully saturated rings. The van der Waals surface area contributed by atoms with Gasteiger partial charge in [-0.15, -0.1) is 0 Å². The largest absolute Gasteiger partial charge is 0.390 e. The predicted octanol–water partition coefficient (Wildman–Crippen LogP) is -0.915. The summed E-state index contributed by atoms with van der Waals surface area (Å²) in [5.74, 6) is -1.70. The van der Waals surface area contributed by atoms with Crippen LogP contribution >= 0.6 is 0 Å². The summed E-state index contributed by atoms with van der Waals surface area (Å²) < 4.78 is 22.6. The maximum atomic E-state index is 12.3. The van der Waals surface area contributed by atoms with E-state index >= 15 is 0 Å². The first-order valence-corrected chi connectivity index (χ1v) is 6.82. The summed E-state index contributed by atoms with van der Waals surface area (Å²) in [6, 6.07) is 0. The quantitative estimate of drug-likeness (QED) is 0.595. The molecule has 2 N–H and O–H groups in total. The third-order valence-corrected chi connectivity index (χ3v) is 4.91. The van der Waals surface area contributed by atoms with Crippen molar-refractivity contribution in [2.24, 2.45) is 0 Å². The Morgan fingerprint density at radius 2 is 1.75 bits per heavy atom. The summed E-state index contributed by atoms with van der Waals surface area (Å²) >= 11 is 0. The van der Waals surface area contributed by atoms with Crippen LogP contribution in [0, 0.1) is 0 Å². The monoisotopic (exact) mass is 286 g/mol. The maximum absolute atomic E-state index is 12.3. The highest BCUT2D eigenvalue weighted by atomic mass is 16.9. The normalized spacial score (nSPS) is 59.6. The highest BCUT2D eigenvalue weighted by Gasteiger charge is 2.75. The molecule has 7 heteroatoms. The van der Waals surface area contributed by atoms with Crippen molar-refractivity contribution in [2.75, 3.05) is 0 Å². The van der Waals surface area contributed by atoms with E-state index in [9.17, 15) is 15.0 Å². The number of hydrogen-bond donors (Lipinski definition) is 2. The molecule has 7 nitrogen and oxygen atoms in total. The Kier molecular flexibility index (Phi) is 2.25. The van der Waals surface area contributed by atoms with Crippen molar-refractivity contribution in [2.45, 2.75) is 74.9 Å². The number of aliphatic hydroxyl groups is 2. The van der Waals surface area contributed by atoms with E-state index in [0.717, 1.165) is 0 Å². The summed E-state index contributed by atoms with van der Waals surface area (Å²) in [5.41, 5.74) is -2.00. The lowest BCUT2D eigenvalue weighted by atomic mass is 9.67. The Morgan fingerprint density at radius 3 is 2.45 bits per heavy atom. The van der Waals surface area contributed by atoms with Crippen molar-refractivity contribution >= 4 is 5.78 Å². The number of hydrogen-bond acceptors (Lipinski definition) is 7. The topological polar surface area (TPSA) is 94.5 Å². The molecular weight excluding hydrogens is 268 g/mol. The molecule has 4 bridgehead atoms. The van der Waals surface area contributed by atoms with Gasteiger partial charge in [-0.05, 0) is 13.8 Å². The summed E-state index contributed by atoms with van der Waals surface area (Å²) in [7, 11) is 0. The van der Waals surface area contributed by atoms with E-state index in [1.165, 1.54) is 0 Å². The van der Waals surface area contributed by atoms with E-state index in [0.29, 0.717) is 0 Å². The minimum Gasteiger partial charge on any atom is -0.390 e. The van der Waals surface area contributed by atoms with E-state index in [2.05, 4.69) is 0 Å². The number of carbonyl (C=O) groups excluding carboxylic acids is 1. The van der Waals surface area contributed by atoms with E-state index in [1.807, 2.05) is 0 Å². The van der Waals surface area contributed by atoms with Gasteiger partial charge in [0.15, 0.2) is 18.0 Å². The lowest BCUT2D eigenvalue weighted by Crippen LogP contribution is -2.85. The fourth-order valence-corrected chi connectivity index (χ4v) is 3.78. The molecule has 20 heavy (non-hydrogen) atoms. The Bertz CT molecular complexity index is 491. The molecule has 7 atom stereocenters. The molecule has 5 aliphatic rings. The van der Waals surface area contributed by atoms with Crippen LogP contribution < -0.4 is 0 Å². The minimum absolute atomic E-state index is 0.175. The van der Waals surface area contributed by atoms with Crippen molar-refractivity contribution in [1.29, 1.82) is 0 Å². The molecular formula is C13H18O7. The first-order chi connectivity index (χ1) is 9.19. The van der Waals surface area contributed by atoms with Gasteiger partial charge in [-0.1, -0.05) is 0 Å². The van der Waals surface area contributed by atoms with Crippen LogP contribution in [-0.2, 0) is 23.7 Å². The zero-order chi connectivity index (χ0) is 14.5. The molecule has 0 aromatic carbocycles. The van der Waals surface area contributed by atoms with Gasteiger partial charge >= 0.3 is 0 Å². The molecule has 1 spiro atoms. The molecule has 112 valence electrons. The van der Waals surface area contributed by atoms with Gasteiger partial charge < -0.3 is 29.2 Å². The average molecular weight is 286 g/mol. The number of carbonyl (C=O) groups is 1. The van der Waals surface area contributed by atoms with Gasteiger partial charge in [-0.25, -0.2) is 0 Å². The van der Waals surface area contributed by atoms with Gasteiger partial charge in [0.1, 0.15) is 17.8 Å². The molecule has 5 rings (SSSR count). The lowest BCUT2D eigenvalue weighted by molar-refractivity contribution is -0.536.